The summed E-state index contributed by atoms with van der Waals surface area (Å²) in [6, 6.07) is 6.53. The van der Waals surface area contributed by atoms with Crippen molar-refractivity contribution in [2.45, 2.75) is 0 Å². The summed E-state index contributed by atoms with van der Waals surface area (Å²) >= 11 is 3.30. The maximum atomic E-state index is 11.0. The van der Waals surface area contributed by atoms with Gasteiger partial charge in [0.25, 0.3) is 5.91 Å². The molecule has 0 fully saturated rings. The van der Waals surface area contributed by atoms with Gasteiger partial charge in [0.1, 0.15) is 0 Å². The van der Waals surface area contributed by atoms with E-state index in [1.807, 2.05) is 29.6 Å². The van der Waals surface area contributed by atoms with Crippen molar-refractivity contribution >= 4 is 33.9 Å². The third-order valence-electron chi connectivity index (χ3n) is 1.52. The summed E-state index contributed by atoms with van der Waals surface area (Å²) < 4.78 is 0.917. The summed E-state index contributed by atoms with van der Waals surface area (Å²) in [4.78, 5) is 21.3. The SMILES string of the molecule is NC(=O)NC(=O)C=Cc1cccc(Br)c1. The van der Waals surface area contributed by atoms with Crippen LogP contribution in [0.5, 0.6) is 0 Å². The molecular formula is C10H9BrN2O2. The Morgan fingerprint density at radius 2 is 2.13 bits per heavy atom. The van der Waals surface area contributed by atoms with Gasteiger partial charge in [-0.2, -0.15) is 0 Å². The Balaban J connectivity index is 2.65. The summed E-state index contributed by atoms with van der Waals surface area (Å²) in [6.07, 6.45) is 2.83. The maximum absolute atomic E-state index is 11.0. The van der Waals surface area contributed by atoms with Crippen LogP contribution < -0.4 is 11.1 Å². The number of nitrogens with one attached hydrogen (secondary N) is 1. The zero-order chi connectivity index (χ0) is 11.3. The van der Waals surface area contributed by atoms with Crippen molar-refractivity contribution in [2.75, 3.05) is 0 Å². The number of rotatable bonds is 2. The van der Waals surface area contributed by atoms with Crippen molar-refractivity contribution in [3.63, 3.8) is 0 Å². The smallest absolute Gasteiger partial charge is 0.319 e. The Morgan fingerprint density at radius 3 is 2.73 bits per heavy atom. The minimum Gasteiger partial charge on any atom is -0.351 e. The van der Waals surface area contributed by atoms with Crippen LogP contribution in [0.15, 0.2) is 34.8 Å². The quantitative estimate of drug-likeness (QED) is 0.801. The lowest BCUT2D eigenvalue weighted by Gasteiger charge is -1.95. The molecule has 0 bridgehead atoms. The Kier molecular flexibility index (Phi) is 4.05. The lowest BCUT2D eigenvalue weighted by atomic mass is 10.2. The first-order chi connectivity index (χ1) is 7.08. The van der Waals surface area contributed by atoms with Crippen LogP contribution in [0.3, 0.4) is 0 Å². The monoisotopic (exact) mass is 268 g/mol. The molecule has 0 aromatic heterocycles. The molecule has 0 aliphatic carbocycles. The lowest BCUT2D eigenvalue weighted by Crippen LogP contribution is -2.33. The number of urea groups is 1. The third-order valence-corrected chi connectivity index (χ3v) is 2.02. The summed E-state index contributed by atoms with van der Waals surface area (Å²) in [7, 11) is 0. The number of nitrogens with two attached hydrogens (primary N) is 1. The number of halogens is 1. The second kappa shape index (κ2) is 5.31. The third kappa shape index (κ3) is 4.42. The van der Waals surface area contributed by atoms with Crippen LogP contribution in [0.2, 0.25) is 0 Å². The number of hydrogen-bond acceptors (Lipinski definition) is 2. The molecule has 78 valence electrons. The fourth-order valence-electron chi connectivity index (χ4n) is 0.945. The molecular weight excluding hydrogens is 260 g/mol. The summed E-state index contributed by atoms with van der Waals surface area (Å²) in [5.74, 6) is -0.539. The highest BCUT2D eigenvalue weighted by Gasteiger charge is 1.97. The second-order valence-electron chi connectivity index (χ2n) is 2.74. The van der Waals surface area contributed by atoms with E-state index in [0.717, 1.165) is 10.0 Å². The van der Waals surface area contributed by atoms with Crippen LogP contribution in [0, 0.1) is 0 Å². The molecule has 15 heavy (non-hydrogen) atoms. The molecule has 1 rings (SSSR count). The number of hydrogen-bond donors (Lipinski definition) is 2. The van der Waals surface area contributed by atoms with Crippen molar-refractivity contribution in [3.8, 4) is 0 Å². The van der Waals surface area contributed by atoms with Crippen LogP contribution in [-0.4, -0.2) is 11.9 Å². The van der Waals surface area contributed by atoms with Crippen molar-refractivity contribution < 1.29 is 9.59 Å². The topological polar surface area (TPSA) is 72.2 Å². The number of carbonyl (C=O) groups is 2. The zero-order valence-electron chi connectivity index (χ0n) is 7.74. The van der Waals surface area contributed by atoms with Crippen molar-refractivity contribution in [2.24, 2.45) is 5.73 Å². The first-order valence-electron chi connectivity index (χ1n) is 4.12. The average molecular weight is 269 g/mol. The molecule has 0 aliphatic heterocycles. The van der Waals surface area contributed by atoms with Gasteiger partial charge >= 0.3 is 6.03 Å². The van der Waals surface area contributed by atoms with Crippen LogP contribution >= 0.6 is 15.9 Å². The number of benzene rings is 1. The minimum atomic E-state index is -0.862. The van der Waals surface area contributed by atoms with E-state index >= 15 is 0 Å². The zero-order valence-corrected chi connectivity index (χ0v) is 9.32. The van der Waals surface area contributed by atoms with E-state index < -0.39 is 11.9 Å². The summed E-state index contributed by atoms with van der Waals surface area (Å²) in [6.45, 7) is 0. The molecule has 0 spiro atoms. The van der Waals surface area contributed by atoms with Crippen LogP contribution in [0.25, 0.3) is 6.08 Å². The van der Waals surface area contributed by atoms with Crippen molar-refractivity contribution in [3.05, 3.63) is 40.4 Å². The lowest BCUT2D eigenvalue weighted by molar-refractivity contribution is -0.115. The highest BCUT2D eigenvalue weighted by atomic mass is 79.9. The molecule has 3 amide bonds. The number of carbonyl (C=O) groups excluding carboxylic acids is 2. The Bertz CT molecular complexity index is 416. The van der Waals surface area contributed by atoms with E-state index in [9.17, 15) is 9.59 Å². The molecule has 0 atom stereocenters. The van der Waals surface area contributed by atoms with Gasteiger partial charge in [0, 0.05) is 10.5 Å². The molecule has 0 heterocycles. The van der Waals surface area contributed by atoms with Crippen LogP contribution in [0.1, 0.15) is 5.56 Å². The fraction of sp³-hybridized carbons (Fsp3) is 0. The molecule has 1 aromatic rings. The average Bonchev–Trinajstić information content (AvgIpc) is 2.14. The molecule has 1 aromatic carbocycles. The first kappa shape index (κ1) is 11.5. The van der Waals surface area contributed by atoms with E-state index in [-0.39, 0.29) is 0 Å². The molecule has 0 aliphatic rings. The molecule has 5 heteroatoms. The molecule has 4 nitrogen and oxygen atoms in total. The largest absolute Gasteiger partial charge is 0.351 e. The van der Waals surface area contributed by atoms with Gasteiger partial charge in [0.15, 0.2) is 0 Å². The van der Waals surface area contributed by atoms with E-state index in [0.29, 0.717) is 0 Å². The first-order valence-corrected chi connectivity index (χ1v) is 4.91. The van der Waals surface area contributed by atoms with E-state index in [2.05, 4.69) is 15.9 Å². The Labute approximate surface area is 95.3 Å². The normalized spacial score (nSPS) is 10.2. The predicted molar refractivity (Wildman–Crippen MR) is 60.9 cm³/mol. The molecule has 0 radical (unpaired) electrons. The molecule has 0 saturated carbocycles. The predicted octanol–water partition coefficient (Wildman–Crippen LogP) is 1.66. The van der Waals surface area contributed by atoms with E-state index in [4.69, 9.17) is 5.73 Å². The summed E-state index contributed by atoms with van der Waals surface area (Å²) in [5.41, 5.74) is 5.63. The van der Waals surface area contributed by atoms with Gasteiger partial charge < -0.3 is 5.73 Å². The molecule has 0 saturated heterocycles. The van der Waals surface area contributed by atoms with E-state index in [1.54, 1.807) is 6.08 Å². The van der Waals surface area contributed by atoms with Crippen LogP contribution in [0.4, 0.5) is 4.79 Å². The Hall–Kier alpha value is -1.62. The Morgan fingerprint density at radius 1 is 1.40 bits per heavy atom. The van der Waals surface area contributed by atoms with Crippen LogP contribution in [-0.2, 0) is 4.79 Å². The second-order valence-corrected chi connectivity index (χ2v) is 3.66. The molecule has 0 unspecified atom stereocenters. The van der Waals surface area contributed by atoms with Crippen molar-refractivity contribution in [1.29, 1.82) is 0 Å². The van der Waals surface area contributed by atoms with Gasteiger partial charge in [0.05, 0.1) is 0 Å². The minimum absolute atomic E-state index is 0.539. The molecule has 3 N–H and O–H groups in total. The van der Waals surface area contributed by atoms with Crippen molar-refractivity contribution in [1.82, 2.24) is 5.32 Å². The van der Waals surface area contributed by atoms with Gasteiger partial charge in [-0.1, -0.05) is 28.1 Å². The highest BCUT2D eigenvalue weighted by molar-refractivity contribution is 9.10. The van der Waals surface area contributed by atoms with Gasteiger partial charge in [-0.05, 0) is 23.8 Å². The number of imide groups is 1. The summed E-state index contributed by atoms with van der Waals surface area (Å²) in [5, 5.41) is 1.93. The van der Waals surface area contributed by atoms with Gasteiger partial charge in [-0.3, -0.25) is 10.1 Å². The number of primary amides is 1. The van der Waals surface area contributed by atoms with Gasteiger partial charge in [-0.25, -0.2) is 4.79 Å². The highest BCUT2D eigenvalue weighted by Crippen LogP contribution is 2.12. The van der Waals surface area contributed by atoms with E-state index in [1.165, 1.54) is 6.08 Å². The number of amides is 3. The standard InChI is InChI=1S/C10H9BrN2O2/c11-8-3-1-2-7(6-8)4-5-9(14)13-10(12)15/h1-6H,(H3,12,13,14,15). The maximum Gasteiger partial charge on any atom is 0.319 e. The fourth-order valence-corrected chi connectivity index (χ4v) is 1.36. The van der Waals surface area contributed by atoms with Gasteiger partial charge in [-0.15, -0.1) is 0 Å². The van der Waals surface area contributed by atoms with Gasteiger partial charge in [0.2, 0.25) is 0 Å².